The maximum atomic E-state index is 10.5. The minimum Gasteiger partial charge on any atom is -0.478 e. The van der Waals surface area contributed by atoms with Crippen molar-refractivity contribution in [1.29, 1.82) is 0 Å². The topological polar surface area (TPSA) is 80.4 Å². The third-order valence-electron chi connectivity index (χ3n) is 1.77. The zero-order chi connectivity index (χ0) is 12.0. The zero-order valence-electron chi connectivity index (χ0n) is 8.46. The van der Waals surface area contributed by atoms with Crippen LogP contribution in [0, 0.1) is 0 Å². The Morgan fingerprint density at radius 2 is 1.69 bits per heavy atom. The van der Waals surface area contributed by atoms with Gasteiger partial charge in [-0.2, -0.15) is 0 Å². The van der Waals surface area contributed by atoms with Gasteiger partial charge in [0.15, 0.2) is 0 Å². The lowest BCUT2D eigenvalue weighted by atomic mass is 10.1. The first-order valence-corrected chi connectivity index (χ1v) is 4.56. The lowest BCUT2D eigenvalue weighted by Crippen LogP contribution is -2.05. The molecule has 0 fully saturated rings. The largest absolute Gasteiger partial charge is 0.478 e. The van der Waals surface area contributed by atoms with E-state index in [4.69, 9.17) is 10.8 Å². The Balaban J connectivity index is 2.87. The van der Waals surface area contributed by atoms with Gasteiger partial charge in [-0.1, -0.05) is 18.2 Å². The highest BCUT2D eigenvalue weighted by atomic mass is 16.4. The number of primary amides is 1. The molecule has 0 aliphatic heterocycles. The van der Waals surface area contributed by atoms with Crippen molar-refractivity contribution in [3.63, 3.8) is 0 Å². The Morgan fingerprint density at radius 1 is 1.12 bits per heavy atom. The minimum atomic E-state index is -1.00. The Kier molecular flexibility index (Phi) is 4.03. The molecule has 0 bridgehead atoms. The van der Waals surface area contributed by atoms with Crippen LogP contribution < -0.4 is 5.73 Å². The first kappa shape index (κ1) is 11.7. The molecule has 0 aromatic heterocycles. The number of carbonyl (C=O) groups is 2. The molecule has 0 saturated carbocycles. The molecule has 4 nitrogen and oxygen atoms in total. The van der Waals surface area contributed by atoms with E-state index in [0.29, 0.717) is 0 Å². The molecule has 4 heteroatoms. The van der Waals surface area contributed by atoms with Crippen molar-refractivity contribution in [3.8, 4) is 0 Å². The minimum absolute atomic E-state index is 0.522. The average Bonchev–Trinajstić information content (AvgIpc) is 2.24. The van der Waals surface area contributed by atoms with E-state index in [1.165, 1.54) is 12.2 Å². The number of nitrogens with two attached hydrogens (primary N) is 1. The molecule has 82 valence electrons. The molecule has 3 N–H and O–H groups in total. The Bertz CT molecular complexity index is 422. The van der Waals surface area contributed by atoms with Gasteiger partial charge in [-0.05, 0) is 29.3 Å². The molecular formula is C12H11NO3. The third-order valence-corrected chi connectivity index (χ3v) is 1.77. The summed E-state index contributed by atoms with van der Waals surface area (Å²) in [5, 5.41) is 8.46. The molecule has 0 radical (unpaired) electrons. The molecule has 1 aromatic carbocycles. The van der Waals surface area contributed by atoms with Gasteiger partial charge >= 0.3 is 5.97 Å². The summed E-state index contributed by atoms with van der Waals surface area (Å²) in [4.78, 5) is 20.8. The van der Waals surface area contributed by atoms with Crippen LogP contribution in [0.5, 0.6) is 0 Å². The summed E-state index contributed by atoms with van der Waals surface area (Å²) in [5.74, 6) is -1.52. The van der Waals surface area contributed by atoms with E-state index < -0.39 is 11.9 Å². The second kappa shape index (κ2) is 5.50. The van der Waals surface area contributed by atoms with Crippen LogP contribution >= 0.6 is 0 Å². The van der Waals surface area contributed by atoms with Crippen LogP contribution in [0.15, 0.2) is 36.4 Å². The number of amides is 1. The van der Waals surface area contributed by atoms with Crippen LogP contribution in [-0.4, -0.2) is 17.0 Å². The van der Waals surface area contributed by atoms with Crippen LogP contribution in [0.4, 0.5) is 0 Å². The smallest absolute Gasteiger partial charge is 0.328 e. The van der Waals surface area contributed by atoms with Crippen molar-refractivity contribution < 1.29 is 14.7 Å². The molecule has 1 rings (SSSR count). The van der Waals surface area contributed by atoms with Gasteiger partial charge in [-0.15, -0.1) is 0 Å². The Hall–Kier alpha value is -2.36. The Morgan fingerprint density at radius 3 is 2.19 bits per heavy atom. The van der Waals surface area contributed by atoms with Gasteiger partial charge in [0.25, 0.3) is 0 Å². The van der Waals surface area contributed by atoms with E-state index in [9.17, 15) is 9.59 Å². The summed E-state index contributed by atoms with van der Waals surface area (Å²) >= 11 is 0. The number of rotatable bonds is 4. The highest BCUT2D eigenvalue weighted by Gasteiger charge is 1.92. The SMILES string of the molecule is NC(=O)/C=C/c1cccc(/C=C/C(=O)O)c1. The summed E-state index contributed by atoms with van der Waals surface area (Å²) in [6.45, 7) is 0. The predicted octanol–water partition coefficient (Wildman–Crippen LogP) is 1.28. The van der Waals surface area contributed by atoms with E-state index in [1.807, 2.05) is 0 Å². The van der Waals surface area contributed by atoms with Crippen LogP contribution in [0.25, 0.3) is 12.2 Å². The number of hydrogen-bond acceptors (Lipinski definition) is 2. The molecule has 0 unspecified atom stereocenters. The van der Waals surface area contributed by atoms with E-state index in [0.717, 1.165) is 17.2 Å². The third kappa shape index (κ3) is 4.23. The predicted molar refractivity (Wildman–Crippen MR) is 61.3 cm³/mol. The number of hydrogen-bond donors (Lipinski definition) is 2. The van der Waals surface area contributed by atoms with E-state index in [1.54, 1.807) is 30.3 Å². The summed E-state index contributed by atoms with van der Waals surface area (Å²) in [6, 6.07) is 7.07. The number of aliphatic carboxylic acids is 1. The van der Waals surface area contributed by atoms with E-state index in [2.05, 4.69) is 0 Å². The molecular weight excluding hydrogens is 206 g/mol. The van der Waals surface area contributed by atoms with Crippen molar-refractivity contribution >= 4 is 24.0 Å². The standard InChI is InChI=1S/C12H11NO3/c13-11(14)6-4-9-2-1-3-10(8-9)5-7-12(15)16/h1-8H,(H2,13,14)(H,15,16)/b6-4+,7-5+. The summed E-state index contributed by atoms with van der Waals surface area (Å²) in [7, 11) is 0. The van der Waals surface area contributed by atoms with Gasteiger partial charge < -0.3 is 10.8 Å². The van der Waals surface area contributed by atoms with Gasteiger partial charge in [0.1, 0.15) is 0 Å². The van der Waals surface area contributed by atoms with Gasteiger partial charge in [0, 0.05) is 12.2 Å². The molecule has 0 atom stereocenters. The van der Waals surface area contributed by atoms with Crippen LogP contribution in [0.1, 0.15) is 11.1 Å². The molecule has 1 amide bonds. The first-order chi connectivity index (χ1) is 7.58. The van der Waals surface area contributed by atoms with Crippen LogP contribution in [-0.2, 0) is 9.59 Å². The average molecular weight is 217 g/mol. The van der Waals surface area contributed by atoms with Gasteiger partial charge in [0.2, 0.25) is 5.91 Å². The highest BCUT2D eigenvalue weighted by molar-refractivity contribution is 5.90. The number of carbonyl (C=O) groups excluding carboxylic acids is 1. The van der Waals surface area contributed by atoms with Crippen LogP contribution in [0.2, 0.25) is 0 Å². The van der Waals surface area contributed by atoms with Gasteiger partial charge in [-0.3, -0.25) is 4.79 Å². The van der Waals surface area contributed by atoms with E-state index in [-0.39, 0.29) is 0 Å². The van der Waals surface area contributed by atoms with Crippen molar-refractivity contribution in [3.05, 3.63) is 47.5 Å². The molecule has 0 heterocycles. The van der Waals surface area contributed by atoms with E-state index >= 15 is 0 Å². The van der Waals surface area contributed by atoms with Crippen molar-refractivity contribution in [2.24, 2.45) is 5.73 Å². The van der Waals surface area contributed by atoms with Crippen LogP contribution in [0.3, 0.4) is 0 Å². The number of carboxylic acids is 1. The maximum Gasteiger partial charge on any atom is 0.328 e. The second-order valence-electron chi connectivity index (χ2n) is 3.08. The summed E-state index contributed by atoms with van der Waals surface area (Å²) in [6.07, 6.45) is 5.35. The van der Waals surface area contributed by atoms with Crippen molar-refractivity contribution in [1.82, 2.24) is 0 Å². The lowest BCUT2D eigenvalue weighted by Gasteiger charge is -1.95. The normalized spacial score (nSPS) is 11.0. The molecule has 0 saturated heterocycles. The van der Waals surface area contributed by atoms with Gasteiger partial charge in [-0.25, -0.2) is 4.79 Å². The molecule has 0 aliphatic rings. The summed E-state index contributed by atoms with van der Waals surface area (Å²) < 4.78 is 0. The second-order valence-corrected chi connectivity index (χ2v) is 3.08. The highest BCUT2D eigenvalue weighted by Crippen LogP contribution is 2.08. The first-order valence-electron chi connectivity index (χ1n) is 4.56. The lowest BCUT2D eigenvalue weighted by molar-refractivity contribution is -0.131. The van der Waals surface area contributed by atoms with Crippen molar-refractivity contribution in [2.45, 2.75) is 0 Å². The molecule has 0 spiro atoms. The molecule has 16 heavy (non-hydrogen) atoms. The molecule has 0 aliphatic carbocycles. The number of carboxylic acid groups (broad SMARTS) is 1. The number of benzene rings is 1. The fraction of sp³-hybridized carbons (Fsp3) is 0. The quantitative estimate of drug-likeness (QED) is 0.745. The monoisotopic (exact) mass is 217 g/mol. The Labute approximate surface area is 92.7 Å². The van der Waals surface area contributed by atoms with Crippen molar-refractivity contribution in [2.75, 3.05) is 0 Å². The zero-order valence-corrected chi connectivity index (χ0v) is 8.46. The molecule has 1 aromatic rings. The fourth-order valence-electron chi connectivity index (χ4n) is 1.11. The van der Waals surface area contributed by atoms with Gasteiger partial charge in [0.05, 0.1) is 0 Å². The maximum absolute atomic E-state index is 10.5. The summed E-state index contributed by atoms with van der Waals surface area (Å²) in [5.41, 5.74) is 6.49. The fourth-order valence-corrected chi connectivity index (χ4v) is 1.11.